The van der Waals surface area contributed by atoms with Gasteiger partial charge in [-0.2, -0.15) is 0 Å². The molecule has 0 aliphatic rings. The average molecular weight is 438 g/mol. The van der Waals surface area contributed by atoms with E-state index in [0.717, 1.165) is 18.2 Å². The van der Waals surface area contributed by atoms with Gasteiger partial charge in [-0.25, -0.2) is 31.4 Å². The minimum atomic E-state index is -3.66. The third-order valence-corrected chi connectivity index (χ3v) is 5.63. The van der Waals surface area contributed by atoms with Crippen molar-refractivity contribution in [3.05, 3.63) is 48.0 Å². The van der Waals surface area contributed by atoms with E-state index in [1.54, 1.807) is 19.9 Å². The first-order valence-electron chi connectivity index (χ1n) is 9.01. The first kappa shape index (κ1) is 21.6. The maximum atomic E-state index is 13.6. The quantitative estimate of drug-likeness (QED) is 0.523. The molecule has 0 unspecified atom stereocenters. The molecule has 12 heteroatoms. The number of carbonyl (C=O) groups excluding carboxylic acids is 1. The summed E-state index contributed by atoms with van der Waals surface area (Å²) >= 11 is 0. The zero-order chi connectivity index (χ0) is 21.9. The van der Waals surface area contributed by atoms with Gasteiger partial charge in [0.2, 0.25) is 10.0 Å². The van der Waals surface area contributed by atoms with Gasteiger partial charge in [0.05, 0.1) is 22.6 Å². The molecule has 9 nitrogen and oxygen atoms in total. The number of sulfonamides is 1. The van der Waals surface area contributed by atoms with E-state index in [9.17, 15) is 22.0 Å². The lowest BCUT2D eigenvalue weighted by Crippen LogP contribution is -2.32. The van der Waals surface area contributed by atoms with E-state index in [0.29, 0.717) is 11.0 Å². The molecule has 0 aliphatic heterocycles. The van der Waals surface area contributed by atoms with E-state index >= 15 is 0 Å². The van der Waals surface area contributed by atoms with Crippen LogP contribution < -0.4 is 15.4 Å². The second-order valence-corrected chi connectivity index (χ2v) is 8.46. The molecule has 3 N–H and O–H groups in total. The van der Waals surface area contributed by atoms with Crippen molar-refractivity contribution >= 4 is 32.8 Å². The average Bonchev–Trinajstić information content (AvgIpc) is 3.06. The standard InChI is InChI=1S/C18H20F2N6O3S/c1-11(2)24-30(28,29)13-4-6-17-16(10-13)23-25-26(17)8-7-21-18(27)22-15-9-12(19)3-5-14(15)20/h3-6,9-11,24H,7-8H2,1-2H3,(H2,21,22,27). The summed E-state index contributed by atoms with van der Waals surface area (Å²) in [7, 11) is -3.66. The van der Waals surface area contributed by atoms with Gasteiger partial charge in [0, 0.05) is 18.7 Å². The summed E-state index contributed by atoms with van der Waals surface area (Å²) < 4.78 is 55.2. The van der Waals surface area contributed by atoms with Crippen molar-refractivity contribution in [1.82, 2.24) is 25.0 Å². The number of halogens is 2. The van der Waals surface area contributed by atoms with Gasteiger partial charge in [0.1, 0.15) is 17.2 Å². The molecule has 160 valence electrons. The van der Waals surface area contributed by atoms with Gasteiger partial charge in [-0.05, 0) is 44.2 Å². The number of nitrogens with one attached hydrogen (secondary N) is 3. The number of fused-ring (bicyclic) bond motifs is 1. The van der Waals surface area contributed by atoms with E-state index in [1.165, 1.54) is 16.8 Å². The van der Waals surface area contributed by atoms with Crippen LogP contribution in [-0.4, -0.2) is 42.0 Å². The summed E-state index contributed by atoms with van der Waals surface area (Å²) in [5.74, 6) is -1.43. The van der Waals surface area contributed by atoms with Crippen LogP contribution >= 0.6 is 0 Å². The fourth-order valence-corrected chi connectivity index (χ4v) is 3.97. The van der Waals surface area contributed by atoms with Crippen LogP contribution in [0.25, 0.3) is 11.0 Å². The molecule has 0 atom stereocenters. The second kappa shape index (κ2) is 8.71. The molecule has 2 aromatic carbocycles. The fourth-order valence-electron chi connectivity index (χ4n) is 2.70. The lowest BCUT2D eigenvalue weighted by Gasteiger charge is -2.10. The zero-order valence-electron chi connectivity index (χ0n) is 16.2. The molecule has 0 radical (unpaired) electrons. The molecule has 0 aliphatic carbocycles. The van der Waals surface area contributed by atoms with Gasteiger partial charge in [0.25, 0.3) is 0 Å². The SMILES string of the molecule is CC(C)NS(=O)(=O)c1ccc2c(c1)nnn2CCNC(=O)Nc1cc(F)ccc1F. The monoisotopic (exact) mass is 438 g/mol. The Morgan fingerprint density at radius 2 is 1.93 bits per heavy atom. The number of hydrogen-bond donors (Lipinski definition) is 3. The third kappa shape index (κ3) is 5.07. The molecule has 0 fully saturated rings. The van der Waals surface area contributed by atoms with E-state index in [1.807, 2.05) is 0 Å². The van der Waals surface area contributed by atoms with Crippen molar-refractivity contribution in [3.63, 3.8) is 0 Å². The second-order valence-electron chi connectivity index (χ2n) is 6.74. The minimum absolute atomic E-state index is 0.0744. The first-order valence-corrected chi connectivity index (χ1v) is 10.5. The van der Waals surface area contributed by atoms with Crippen LogP contribution in [0.1, 0.15) is 13.8 Å². The number of aromatic nitrogens is 3. The predicted molar refractivity (Wildman–Crippen MR) is 106 cm³/mol. The van der Waals surface area contributed by atoms with Gasteiger partial charge < -0.3 is 10.6 Å². The summed E-state index contributed by atoms with van der Waals surface area (Å²) in [5.41, 5.74) is 0.687. The molecule has 0 saturated carbocycles. The molecular weight excluding hydrogens is 418 g/mol. The Hall–Kier alpha value is -3.12. The van der Waals surface area contributed by atoms with Gasteiger partial charge in [-0.3, -0.25) is 0 Å². The van der Waals surface area contributed by atoms with Gasteiger partial charge in [0.15, 0.2) is 0 Å². The van der Waals surface area contributed by atoms with Crippen molar-refractivity contribution < 1.29 is 22.0 Å². The summed E-state index contributed by atoms with van der Waals surface area (Å²) in [6, 6.07) is 6.21. The van der Waals surface area contributed by atoms with Gasteiger partial charge in [-0.15, -0.1) is 5.10 Å². The summed E-state index contributed by atoms with van der Waals surface area (Å²) in [5, 5.41) is 12.6. The summed E-state index contributed by atoms with van der Waals surface area (Å²) in [6.45, 7) is 3.79. The van der Waals surface area contributed by atoms with Crippen LogP contribution in [-0.2, 0) is 16.6 Å². The molecular formula is C18H20F2N6O3S. The number of anilines is 1. The largest absolute Gasteiger partial charge is 0.336 e. The van der Waals surface area contributed by atoms with Crippen LogP contribution in [0.4, 0.5) is 19.3 Å². The molecule has 3 rings (SSSR count). The highest BCUT2D eigenvalue weighted by Gasteiger charge is 2.17. The Bertz CT molecular complexity index is 1180. The van der Waals surface area contributed by atoms with Crippen LogP contribution in [0, 0.1) is 11.6 Å². The van der Waals surface area contributed by atoms with E-state index in [-0.39, 0.29) is 29.7 Å². The Morgan fingerprint density at radius 3 is 2.67 bits per heavy atom. The highest BCUT2D eigenvalue weighted by atomic mass is 32.2. The number of rotatable bonds is 7. The maximum absolute atomic E-state index is 13.6. The topological polar surface area (TPSA) is 118 Å². The van der Waals surface area contributed by atoms with E-state index in [2.05, 4.69) is 25.7 Å². The Kier molecular flexibility index (Phi) is 6.27. The minimum Gasteiger partial charge on any atom is -0.336 e. The Labute approximate surface area is 171 Å². The smallest absolute Gasteiger partial charge is 0.319 e. The highest BCUT2D eigenvalue weighted by molar-refractivity contribution is 7.89. The van der Waals surface area contributed by atoms with E-state index < -0.39 is 27.7 Å². The highest BCUT2D eigenvalue weighted by Crippen LogP contribution is 2.18. The molecule has 0 saturated heterocycles. The normalized spacial score (nSPS) is 11.8. The maximum Gasteiger partial charge on any atom is 0.319 e. The van der Waals surface area contributed by atoms with Crippen LogP contribution in [0.2, 0.25) is 0 Å². The number of amides is 2. The van der Waals surface area contributed by atoms with Gasteiger partial charge in [-0.1, -0.05) is 5.21 Å². The van der Waals surface area contributed by atoms with E-state index in [4.69, 9.17) is 0 Å². The molecule has 30 heavy (non-hydrogen) atoms. The van der Waals surface area contributed by atoms with Crippen LogP contribution in [0.3, 0.4) is 0 Å². The number of urea groups is 1. The lowest BCUT2D eigenvalue weighted by molar-refractivity contribution is 0.251. The van der Waals surface area contributed by atoms with Crippen molar-refractivity contribution in [1.29, 1.82) is 0 Å². The van der Waals surface area contributed by atoms with Gasteiger partial charge >= 0.3 is 6.03 Å². The van der Waals surface area contributed by atoms with Crippen molar-refractivity contribution in [2.45, 2.75) is 31.3 Å². The molecule has 1 heterocycles. The predicted octanol–water partition coefficient (Wildman–Crippen LogP) is 2.22. The Morgan fingerprint density at radius 1 is 1.17 bits per heavy atom. The Balaban J connectivity index is 1.63. The molecule has 3 aromatic rings. The molecule has 2 amide bonds. The molecule has 1 aromatic heterocycles. The zero-order valence-corrected chi connectivity index (χ0v) is 17.0. The lowest BCUT2D eigenvalue weighted by atomic mass is 10.3. The van der Waals surface area contributed by atoms with Crippen molar-refractivity contribution in [2.24, 2.45) is 0 Å². The summed E-state index contributed by atoms with van der Waals surface area (Å²) in [4.78, 5) is 12.0. The fraction of sp³-hybridized carbons (Fsp3) is 0.278. The summed E-state index contributed by atoms with van der Waals surface area (Å²) in [6.07, 6.45) is 0. The molecule has 0 spiro atoms. The van der Waals surface area contributed by atoms with Crippen LogP contribution in [0.15, 0.2) is 41.3 Å². The first-order chi connectivity index (χ1) is 14.2. The number of nitrogens with zero attached hydrogens (tertiary/aromatic N) is 3. The number of carbonyl (C=O) groups is 1. The van der Waals surface area contributed by atoms with Crippen molar-refractivity contribution in [2.75, 3.05) is 11.9 Å². The number of hydrogen-bond acceptors (Lipinski definition) is 5. The third-order valence-electron chi connectivity index (χ3n) is 3.97. The van der Waals surface area contributed by atoms with Crippen molar-refractivity contribution in [3.8, 4) is 0 Å². The molecule has 0 bridgehead atoms. The number of benzene rings is 2. The van der Waals surface area contributed by atoms with Crippen LogP contribution in [0.5, 0.6) is 0 Å².